The molecular formula is C4H7O3. The fourth-order valence-electron chi connectivity index (χ4n) is 0.149. The first-order valence-electron chi connectivity index (χ1n) is 1.80. The maximum Gasteiger partial charge on any atom is 0.159 e. The largest absolute Gasteiger partial charge is 0.512 e. The highest BCUT2D eigenvalue weighted by atomic mass is 16.5. The zero-order chi connectivity index (χ0) is 5.70. The molecule has 7 heavy (non-hydrogen) atoms. The second-order valence-electron chi connectivity index (χ2n) is 0.944. The zero-order valence-electron chi connectivity index (χ0n) is 4.05. The van der Waals surface area contributed by atoms with Crippen LogP contribution in [0.15, 0.2) is 12.0 Å². The van der Waals surface area contributed by atoms with Crippen molar-refractivity contribution in [3.05, 3.63) is 12.0 Å². The van der Waals surface area contributed by atoms with Crippen molar-refractivity contribution in [3.8, 4) is 0 Å². The summed E-state index contributed by atoms with van der Waals surface area (Å²) in [5, 5.41) is 17.8. The molecule has 1 N–H and O–H groups in total. The van der Waals surface area contributed by atoms with Crippen molar-refractivity contribution in [2.24, 2.45) is 0 Å². The van der Waals surface area contributed by atoms with Crippen LogP contribution in [0.25, 0.3) is 0 Å². The summed E-state index contributed by atoms with van der Waals surface area (Å²) in [4.78, 5) is 0. The van der Waals surface area contributed by atoms with Gasteiger partial charge in [-0.2, -0.15) is 0 Å². The van der Waals surface area contributed by atoms with Crippen molar-refractivity contribution in [2.75, 3.05) is 13.7 Å². The number of aliphatic hydroxyl groups excluding tert-OH is 1. The first kappa shape index (κ1) is 6.30. The van der Waals surface area contributed by atoms with Crippen LogP contribution >= 0.6 is 0 Å². The molecule has 0 aliphatic heterocycles. The molecule has 0 aromatic carbocycles. The lowest BCUT2D eigenvalue weighted by Crippen LogP contribution is -1.89. The van der Waals surface area contributed by atoms with Crippen molar-refractivity contribution >= 4 is 0 Å². The fourth-order valence-corrected chi connectivity index (χ4v) is 0.149. The monoisotopic (exact) mass is 103 g/mol. The summed E-state index contributed by atoms with van der Waals surface area (Å²) in [6, 6.07) is 0. The molecule has 0 heterocycles. The van der Waals surface area contributed by atoms with Gasteiger partial charge in [0.2, 0.25) is 0 Å². The maximum absolute atomic E-state index is 9.74. The molecule has 0 rings (SSSR count). The third kappa shape index (κ3) is 2.05. The van der Waals surface area contributed by atoms with Gasteiger partial charge >= 0.3 is 0 Å². The Kier molecular flexibility index (Phi) is 3.14. The van der Waals surface area contributed by atoms with Gasteiger partial charge in [-0.15, -0.1) is 0 Å². The Hall–Kier alpha value is -0.700. The molecule has 0 aliphatic rings. The van der Waals surface area contributed by atoms with Crippen molar-refractivity contribution in [1.29, 1.82) is 0 Å². The van der Waals surface area contributed by atoms with Gasteiger partial charge in [0.1, 0.15) is 12.9 Å². The first-order chi connectivity index (χ1) is 3.35. The molecule has 41 valence electrons. The lowest BCUT2D eigenvalue weighted by molar-refractivity contribution is 0.145. The number of methoxy groups -OCH3 is 1. The highest BCUT2D eigenvalue weighted by Gasteiger charge is 1.88. The quantitative estimate of drug-likeness (QED) is 0.516. The zero-order valence-corrected chi connectivity index (χ0v) is 4.05. The molecule has 0 spiro atoms. The Bertz CT molecular complexity index is 61.3. The number of rotatable bonds is 2. The molecule has 0 amide bonds. The molecule has 0 saturated carbocycles. The van der Waals surface area contributed by atoms with Crippen LogP contribution < -0.4 is 0 Å². The van der Waals surface area contributed by atoms with Gasteiger partial charge in [-0.25, -0.2) is 5.11 Å². The molecule has 0 bridgehead atoms. The van der Waals surface area contributed by atoms with Crippen molar-refractivity contribution in [2.45, 2.75) is 0 Å². The molecular weight excluding hydrogens is 96.0 g/mol. The summed E-state index contributed by atoms with van der Waals surface area (Å²) in [7, 11) is 1.33. The first-order valence-corrected chi connectivity index (χ1v) is 1.80. The van der Waals surface area contributed by atoms with Gasteiger partial charge in [-0.1, -0.05) is 0 Å². The van der Waals surface area contributed by atoms with Crippen molar-refractivity contribution in [1.82, 2.24) is 0 Å². The van der Waals surface area contributed by atoms with E-state index >= 15 is 0 Å². The van der Waals surface area contributed by atoms with E-state index in [2.05, 4.69) is 4.74 Å². The minimum atomic E-state index is -0.507. The Morgan fingerprint density at radius 2 is 2.57 bits per heavy atom. The highest BCUT2D eigenvalue weighted by Crippen LogP contribution is 1.88. The fraction of sp³-hybridized carbons (Fsp3) is 0.500. The number of hydrogen-bond donors (Lipinski definition) is 1. The van der Waals surface area contributed by atoms with E-state index in [1.807, 2.05) is 0 Å². The van der Waals surface area contributed by atoms with Gasteiger partial charge in [0.25, 0.3) is 0 Å². The standard InChI is InChI=1S/C4H7O3/c1-7-4(2-5)3-6/h2,5H,3H2,1H3. The average Bonchev–Trinajstić information content (AvgIpc) is 1.72. The average molecular weight is 103 g/mol. The lowest BCUT2D eigenvalue weighted by atomic mass is 10.6. The Balaban J connectivity index is 3.38. The topological polar surface area (TPSA) is 49.4 Å². The van der Waals surface area contributed by atoms with Crippen LogP contribution in [0.1, 0.15) is 0 Å². The van der Waals surface area contributed by atoms with Gasteiger partial charge in [0, 0.05) is 0 Å². The summed E-state index contributed by atoms with van der Waals surface area (Å²) in [6.07, 6.45) is 0.660. The van der Waals surface area contributed by atoms with Crippen LogP contribution in [0.4, 0.5) is 0 Å². The van der Waals surface area contributed by atoms with Crippen molar-refractivity contribution < 1.29 is 14.9 Å². The molecule has 1 radical (unpaired) electrons. The van der Waals surface area contributed by atoms with Gasteiger partial charge in [-0.05, 0) is 0 Å². The van der Waals surface area contributed by atoms with E-state index in [9.17, 15) is 5.11 Å². The van der Waals surface area contributed by atoms with E-state index in [4.69, 9.17) is 5.11 Å². The Labute approximate surface area is 41.8 Å². The molecule has 0 atom stereocenters. The van der Waals surface area contributed by atoms with Gasteiger partial charge < -0.3 is 9.84 Å². The SMILES string of the molecule is COC(=CO)C[O]. The molecule has 3 heteroatoms. The van der Waals surface area contributed by atoms with E-state index < -0.39 is 6.61 Å². The van der Waals surface area contributed by atoms with Crippen LogP contribution in [0.2, 0.25) is 0 Å². The minimum Gasteiger partial charge on any atom is -0.512 e. The summed E-state index contributed by atoms with van der Waals surface area (Å²) >= 11 is 0. The predicted molar refractivity (Wildman–Crippen MR) is 23.3 cm³/mol. The number of ether oxygens (including phenoxy) is 1. The lowest BCUT2D eigenvalue weighted by Gasteiger charge is -1.94. The van der Waals surface area contributed by atoms with Crippen LogP contribution in [0.5, 0.6) is 0 Å². The Morgan fingerprint density at radius 3 is 2.57 bits per heavy atom. The second-order valence-corrected chi connectivity index (χ2v) is 0.944. The maximum atomic E-state index is 9.74. The van der Waals surface area contributed by atoms with Gasteiger partial charge in [0.05, 0.1) is 7.11 Å². The molecule has 0 aliphatic carbocycles. The predicted octanol–water partition coefficient (Wildman–Crippen LogP) is 0.463. The number of hydrogen-bond acceptors (Lipinski definition) is 2. The number of aliphatic hydroxyl groups is 1. The van der Waals surface area contributed by atoms with Gasteiger partial charge in [0.15, 0.2) is 5.76 Å². The van der Waals surface area contributed by atoms with Crippen LogP contribution in [-0.2, 0) is 9.84 Å². The molecule has 0 aromatic rings. The molecule has 3 nitrogen and oxygen atoms in total. The smallest absolute Gasteiger partial charge is 0.159 e. The third-order valence-corrected chi connectivity index (χ3v) is 0.548. The summed E-state index contributed by atoms with van der Waals surface area (Å²) in [5.41, 5.74) is 0. The summed E-state index contributed by atoms with van der Waals surface area (Å²) in [6.45, 7) is -0.507. The van der Waals surface area contributed by atoms with E-state index in [-0.39, 0.29) is 5.76 Å². The molecule has 0 aromatic heterocycles. The highest BCUT2D eigenvalue weighted by molar-refractivity contribution is 4.83. The van der Waals surface area contributed by atoms with Crippen LogP contribution in [0, 0.1) is 0 Å². The normalized spacial score (nSPS) is 11.4. The van der Waals surface area contributed by atoms with E-state index in [0.29, 0.717) is 6.26 Å². The van der Waals surface area contributed by atoms with E-state index in [0.717, 1.165) is 0 Å². The molecule has 0 fully saturated rings. The second kappa shape index (κ2) is 3.49. The third-order valence-electron chi connectivity index (χ3n) is 0.548. The summed E-state index contributed by atoms with van der Waals surface area (Å²) in [5.74, 6) is 0.0556. The molecule has 0 saturated heterocycles. The van der Waals surface area contributed by atoms with E-state index in [1.165, 1.54) is 7.11 Å². The minimum absolute atomic E-state index is 0.0556. The van der Waals surface area contributed by atoms with Crippen molar-refractivity contribution in [3.63, 3.8) is 0 Å². The van der Waals surface area contributed by atoms with Gasteiger partial charge in [-0.3, -0.25) is 0 Å². The Morgan fingerprint density at radius 1 is 2.00 bits per heavy atom. The van der Waals surface area contributed by atoms with Crippen LogP contribution in [0.3, 0.4) is 0 Å². The van der Waals surface area contributed by atoms with E-state index in [1.54, 1.807) is 0 Å². The molecule has 0 unspecified atom stereocenters. The summed E-state index contributed by atoms with van der Waals surface area (Å²) < 4.78 is 4.35. The van der Waals surface area contributed by atoms with Crippen LogP contribution in [-0.4, -0.2) is 18.8 Å².